The molecule has 1 atom stereocenters. The van der Waals surface area contributed by atoms with Crippen molar-refractivity contribution in [2.45, 2.75) is 6.10 Å². The zero-order valence-corrected chi connectivity index (χ0v) is 12.4. The van der Waals surface area contributed by atoms with Gasteiger partial charge >= 0.3 is 0 Å². The number of carbonyl (C=O) groups is 1. The molecule has 0 saturated heterocycles. The van der Waals surface area contributed by atoms with E-state index in [0.29, 0.717) is 22.1 Å². The molecule has 2 aromatic rings. The number of ether oxygens (including phenoxy) is 2. The molecule has 0 aromatic heterocycles. The fraction of sp³-hybridized carbons (Fsp3) is 0.188. The topological polar surface area (TPSA) is 55.8 Å². The summed E-state index contributed by atoms with van der Waals surface area (Å²) in [6, 6.07) is 11.4. The minimum absolute atomic E-state index is 0.279. The Bertz CT molecular complexity index is 654. The van der Waals surface area contributed by atoms with Crippen LogP contribution in [0.25, 0.3) is 0 Å². The largest absolute Gasteiger partial charge is 0.493 e. The molecule has 0 aliphatic heterocycles. The summed E-state index contributed by atoms with van der Waals surface area (Å²) in [5, 5.41) is 10.6. The second-order valence-electron chi connectivity index (χ2n) is 4.36. The van der Waals surface area contributed by atoms with Gasteiger partial charge in [0.15, 0.2) is 17.3 Å². The molecule has 1 unspecified atom stereocenters. The molecule has 21 heavy (non-hydrogen) atoms. The number of methoxy groups -OCH3 is 2. The summed E-state index contributed by atoms with van der Waals surface area (Å²) in [6.07, 6.45) is -1.32. The van der Waals surface area contributed by atoms with Crippen LogP contribution in [0.15, 0.2) is 42.5 Å². The number of aliphatic hydroxyl groups excluding tert-OH is 1. The van der Waals surface area contributed by atoms with Crippen molar-refractivity contribution in [2.75, 3.05) is 14.2 Å². The van der Waals surface area contributed by atoms with Crippen molar-refractivity contribution < 1.29 is 19.4 Å². The van der Waals surface area contributed by atoms with E-state index in [4.69, 9.17) is 21.1 Å². The van der Waals surface area contributed by atoms with E-state index in [1.807, 2.05) is 0 Å². The Hall–Kier alpha value is -2.04. The number of benzene rings is 2. The third-order valence-corrected chi connectivity index (χ3v) is 3.44. The van der Waals surface area contributed by atoms with Crippen LogP contribution < -0.4 is 9.47 Å². The second kappa shape index (κ2) is 6.61. The summed E-state index contributed by atoms with van der Waals surface area (Å²) < 4.78 is 10.3. The minimum atomic E-state index is -1.32. The number of halogens is 1. The van der Waals surface area contributed by atoms with Gasteiger partial charge in [0.2, 0.25) is 0 Å². The Balaban J connectivity index is 2.34. The van der Waals surface area contributed by atoms with Crippen LogP contribution in [-0.2, 0) is 0 Å². The van der Waals surface area contributed by atoms with Gasteiger partial charge in [0, 0.05) is 5.56 Å². The molecule has 1 N–H and O–H groups in total. The molecule has 5 heteroatoms. The Morgan fingerprint density at radius 2 is 1.76 bits per heavy atom. The van der Waals surface area contributed by atoms with Crippen LogP contribution in [0, 0.1) is 0 Å². The lowest BCUT2D eigenvalue weighted by Crippen LogP contribution is -2.13. The molecule has 0 amide bonds. The van der Waals surface area contributed by atoms with E-state index in [0.717, 1.165) is 0 Å². The molecule has 4 nitrogen and oxygen atoms in total. The third kappa shape index (κ3) is 3.17. The zero-order valence-electron chi connectivity index (χ0n) is 11.7. The van der Waals surface area contributed by atoms with Gasteiger partial charge in [-0.15, -0.1) is 0 Å². The van der Waals surface area contributed by atoms with E-state index in [2.05, 4.69) is 0 Å². The van der Waals surface area contributed by atoms with Crippen LogP contribution in [0.3, 0.4) is 0 Å². The van der Waals surface area contributed by atoms with Crippen molar-refractivity contribution in [1.29, 1.82) is 0 Å². The van der Waals surface area contributed by atoms with Gasteiger partial charge < -0.3 is 14.6 Å². The Morgan fingerprint density at radius 1 is 1.10 bits per heavy atom. The maximum atomic E-state index is 12.3. The Morgan fingerprint density at radius 3 is 2.38 bits per heavy atom. The van der Waals surface area contributed by atoms with Crippen molar-refractivity contribution in [1.82, 2.24) is 0 Å². The molecule has 110 valence electrons. The molecule has 0 aliphatic carbocycles. The van der Waals surface area contributed by atoms with Crippen molar-refractivity contribution in [3.05, 3.63) is 58.6 Å². The van der Waals surface area contributed by atoms with Gasteiger partial charge in [-0.2, -0.15) is 0 Å². The lowest BCUT2D eigenvalue weighted by atomic mass is 9.99. The molecule has 0 spiro atoms. The Kier molecular flexibility index (Phi) is 4.83. The molecule has 2 aromatic carbocycles. The average Bonchev–Trinajstić information content (AvgIpc) is 2.53. The fourth-order valence-electron chi connectivity index (χ4n) is 1.98. The first-order chi connectivity index (χ1) is 10.1. The standard InChI is InChI=1S/C16H15ClO4/c1-20-13-8-7-10(9-14(13)21-2)15(18)16(19)11-5-3-4-6-12(11)17/h3-9,15,18H,1-2H3. The summed E-state index contributed by atoms with van der Waals surface area (Å²) in [5.41, 5.74) is 0.694. The molecule has 0 bridgehead atoms. The first-order valence-electron chi connectivity index (χ1n) is 6.27. The van der Waals surface area contributed by atoms with E-state index >= 15 is 0 Å². The third-order valence-electron chi connectivity index (χ3n) is 3.11. The fourth-order valence-corrected chi connectivity index (χ4v) is 2.21. The highest BCUT2D eigenvalue weighted by molar-refractivity contribution is 6.34. The van der Waals surface area contributed by atoms with Crippen molar-refractivity contribution in [2.24, 2.45) is 0 Å². The summed E-state index contributed by atoms with van der Waals surface area (Å²) in [4.78, 5) is 12.3. The van der Waals surface area contributed by atoms with Gasteiger partial charge in [-0.3, -0.25) is 4.79 Å². The molecule has 0 radical (unpaired) electrons. The van der Waals surface area contributed by atoms with Crippen LogP contribution in [0.5, 0.6) is 11.5 Å². The number of aliphatic hydroxyl groups is 1. The van der Waals surface area contributed by atoms with E-state index in [1.165, 1.54) is 14.2 Å². The predicted molar refractivity (Wildman–Crippen MR) is 80.3 cm³/mol. The maximum absolute atomic E-state index is 12.3. The quantitative estimate of drug-likeness (QED) is 0.861. The smallest absolute Gasteiger partial charge is 0.197 e. The first kappa shape index (κ1) is 15.4. The molecule has 0 aliphatic rings. The predicted octanol–water partition coefficient (Wildman–Crippen LogP) is 3.27. The number of rotatable bonds is 5. The molecular formula is C16H15ClO4. The summed E-state index contributed by atoms with van der Waals surface area (Å²) in [5.74, 6) is 0.507. The van der Waals surface area contributed by atoms with E-state index in [1.54, 1.807) is 42.5 Å². The summed E-state index contributed by atoms with van der Waals surface area (Å²) in [6.45, 7) is 0. The lowest BCUT2D eigenvalue weighted by molar-refractivity contribution is 0.0747. The second-order valence-corrected chi connectivity index (χ2v) is 4.77. The monoisotopic (exact) mass is 306 g/mol. The average molecular weight is 307 g/mol. The van der Waals surface area contributed by atoms with E-state index < -0.39 is 11.9 Å². The van der Waals surface area contributed by atoms with Crippen molar-refractivity contribution in [3.63, 3.8) is 0 Å². The molecule has 0 heterocycles. The van der Waals surface area contributed by atoms with Gasteiger partial charge in [-0.05, 0) is 29.8 Å². The molecule has 0 saturated carbocycles. The lowest BCUT2D eigenvalue weighted by Gasteiger charge is -2.14. The SMILES string of the molecule is COc1ccc(C(O)C(=O)c2ccccc2Cl)cc1OC. The number of carbonyl (C=O) groups excluding carboxylic acids is 1. The molecular weight excluding hydrogens is 292 g/mol. The number of Topliss-reactive ketones (excluding diaryl/α,β-unsaturated/α-hetero) is 1. The zero-order chi connectivity index (χ0) is 15.4. The van der Waals surface area contributed by atoms with Gasteiger partial charge in [-0.25, -0.2) is 0 Å². The van der Waals surface area contributed by atoms with E-state index in [9.17, 15) is 9.90 Å². The van der Waals surface area contributed by atoms with Crippen molar-refractivity contribution >= 4 is 17.4 Å². The summed E-state index contributed by atoms with van der Waals surface area (Å²) in [7, 11) is 3.01. The van der Waals surface area contributed by atoms with Crippen LogP contribution >= 0.6 is 11.6 Å². The first-order valence-corrected chi connectivity index (χ1v) is 6.65. The highest BCUT2D eigenvalue weighted by Crippen LogP contribution is 2.31. The van der Waals surface area contributed by atoms with Gasteiger partial charge in [0.05, 0.1) is 19.2 Å². The Labute approximate surface area is 127 Å². The number of ketones is 1. The van der Waals surface area contributed by atoms with Crippen LogP contribution in [0.1, 0.15) is 22.0 Å². The molecule has 2 rings (SSSR count). The van der Waals surface area contributed by atoms with Gasteiger partial charge in [0.25, 0.3) is 0 Å². The van der Waals surface area contributed by atoms with E-state index in [-0.39, 0.29) is 5.56 Å². The highest BCUT2D eigenvalue weighted by atomic mass is 35.5. The number of hydrogen-bond acceptors (Lipinski definition) is 4. The van der Waals surface area contributed by atoms with Gasteiger partial charge in [0.1, 0.15) is 6.10 Å². The van der Waals surface area contributed by atoms with Crippen LogP contribution in [0.2, 0.25) is 5.02 Å². The van der Waals surface area contributed by atoms with Gasteiger partial charge in [-0.1, -0.05) is 29.8 Å². The van der Waals surface area contributed by atoms with Crippen molar-refractivity contribution in [3.8, 4) is 11.5 Å². The van der Waals surface area contributed by atoms with Crippen LogP contribution in [-0.4, -0.2) is 25.1 Å². The number of hydrogen-bond donors (Lipinski definition) is 1. The van der Waals surface area contributed by atoms with Crippen LogP contribution in [0.4, 0.5) is 0 Å². The molecule has 0 fully saturated rings. The normalized spacial score (nSPS) is 11.8. The minimum Gasteiger partial charge on any atom is -0.493 e. The summed E-state index contributed by atoms with van der Waals surface area (Å²) >= 11 is 5.98. The maximum Gasteiger partial charge on any atom is 0.197 e. The highest BCUT2D eigenvalue weighted by Gasteiger charge is 2.22.